The van der Waals surface area contributed by atoms with E-state index >= 15 is 0 Å². The van der Waals surface area contributed by atoms with Gasteiger partial charge in [0.25, 0.3) is 23.6 Å². The summed E-state index contributed by atoms with van der Waals surface area (Å²) in [5.41, 5.74) is 0.0743. The van der Waals surface area contributed by atoms with Gasteiger partial charge in [0.2, 0.25) is 0 Å². The monoisotopic (exact) mass is 614 g/mol. The van der Waals surface area contributed by atoms with E-state index in [1.54, 1.807) is 0 Å². The highest BCUT2D eigenvalue weighted by Gasteiger charge is 2.58. The quantitative estimate of drug-likeness (QED) is 0.187. The van der Waals surface area contributed by atoms with Gasteiger partial charge >= 0.3 is 0 Å². The van der Waals surface area contributed by atoms with E-state index in [2.05, 4.69) is 0 Å². The molecular formula is C29H30N2O13. The first kappa shape index (κ1) is 30.4. The lowest BCUT2D eigenvalue weighted by Crippen LogP contribution is -2.70. The summed E-state index contributed by atoms with van der Waals surface area (Å²) >= 11 is 0. The number of amides is 4. The molecule has 0 bridgehead atoms. The van der Waals surface area contributed by atoms with E-state index in [1.165, 1.54) is 55.5 Å². The van der Waals surface area contributed by atoms with Crippen LogP contribution in [-0.2, 0) is 14.2 Å². The van der Waals surface area contributed by atoms with Gasteiger partial charge in [0.15, 0.2) is 12.6 Å². The number of aliphatic hydroxyl groups is 6. The molecule has 44 heavy (non-hydrogen) atoms. The van der Waals surface area contributed by atoms with Gasteiger partial charge in [0.05, 0.1) is 35.0 Å². The molecule has 0 unspecified atom stereocenters. The van der Waals surface area contributed by atoms with Crippen molar-refractivity contribution >= 4 is 23.6 Å². The van der Waals surface area contributed by atoms with Crippen molar-refractivity contribution < 1.29 is 64.0 Å². The molecule has 4 amide bonds. The van der Waals surface area contributed by atoms with Gasteiger partial charge in [-0.1, -0.05) is 24.3 Å². The Morgan fingerprint density at radius 2 is 1.18 bits per heavy atom. The first-order valence-electron chi connectivity index (χ1n) is 13.9. The Morgan fingerprint density at radius 1 is 0.727 bits per heavy atom. The molecule has 2 fully saturated rings. The molecule has 6 rings (SSSR count). The van der Waals surface area contributed by atoms with Gasteiger partial charge < -0.3 is 44.8 Å². The molecule has 15 nitrogen and oxygen atoms in total. The Labute approximate surface area is 249 Å². The average molecular weight is 615 g/mol. The molecule has 6 N–H and O–H groups in total. The number of fused-ring (bicyclic) bond motifs is 2. The van der Waals surface area contributed by atoms with Crippen LogP contribution in [-0.4, -0.2) is 138 Å². The maximum Gasteiger partial charge on any atom is 0.262 e. The van der Waals surface area contributed by atoms with E-state index < -0.39 is 97.6 Å². The molecule has 0 spiro atoms. The van der Waals surface area contributed by atoms with Crippen LogP contribution in [0, 0.1) is 0 Å². The van der Waals surface area contributed by atoms with Gasteiger partial charge in [-0.2, -0.15) is 0 Å². The molecule has 0 radical (unpaired) electrons. The van der Waals surface area contributed by atoms with Crippen molar-refractivity contribution in [2.24, 2.45) is 0 Å². The Kier molecular flexibility index (Phi) is 7.86. The van der Waals surface area contributed by atoms with E-state index in [-0.39, 0.29) is 22.3 Å². The van der Waals surface area contributed by atoms with Crippen LogP contribution >= 0.6 is 0 Å². The topological polar surface area (TPSA) is 224 Å². The summed E-state index contributed by atoms with van der Waals surface area (Å²) in [5, 5.41) is 64.6. The maximum absolute atomic E-state index is 13.4. The molecule has 0 aromatic heterocycles. The molecule has 4 aliphatic heterocycles. The predicted molar refractivity (Wildman–Crippen MR) is 143 cm³/mol. The molecule has 15 heteroatoms. The van der Waals surface area contributed by atoms with E-state index in [9.17, 15) is 49.8 Å². The highest BCUT2D eigenvalue weighted by atomic mass is 16.7. The Balaban J connectivity index is 1.36. The SMILES string of the molecule is C[C@H](O)[C@H]1O[C@@H](O)[C@H](N2C(=O)c3ccccc3C2=O)[C@@H](O)[C@@H]1O[C@@H]1O[C@H](CO)[C@@H](O)[C@H](O)[C@H]1N1C(=O)c2ccccc2C1=O. The molecule has 4 heterocycles. The zero-order valence-corrected chi connectivity index (χ0v) is 23.1. The van der Waals surface area contributed by atoms with Crippen molar-refractivity contribution in [3.05, 3.63) is 70.8 Å². The van der Waals surface area contributed by atoms with Crippen molar-refractivity contribution in [2.45, 2.75) is 74.3 Å². The van der Waals surface area contributed by atoms with Crippen molar-refractivity contribution in [3.8, 4) is 0 Å². The van der Waals surface area contributed by atoms with E-state index in [0.29, 0.717) is 9.80 Å². The third-order valence-electron chi connectivity index (χ3n) is 8.46. The first-order valence-corrected chi connectivity index (χ1v) is 13.9. The number of nitrogens with zero attached hydrogens (tertiary/aromatic N) is 2. The van der Waals surface area contributed by atoms with Crippen LogP contribution in [0.5, 0.6) is 0 Å². The second-order valence-electron chi connectivity index (χ2n) is 11.1. The molecule has 2 aromatic rings. The van der Waals surface area contributed by atoms with Crippen LogP contribution in [0.15, 0.2) is 48.5 Å². The zero-order chi connectivity index (χ0) is 31.6. The molecule has 0 saturated carbocycles. The third-order valence-corrected chi connectivity index (χ3v) is 8.46. The zero-order valence-electron chi connectivity index (χ0n) is 23.1. The summed E-state index contributed by atoms with van der Waals surface area (Å²) in [6.45, 7) is 0.425. The van der Waals surface area contributed by atoms with Crippen LogP contribution in [0.25, 0.3) is 0 Å². The number of ether oxygens (including phenoxy) is 3. The molecule has 234 valence electrons. The number of carbonyl (C=O) groups excluding carboxylic acids is 4. The molecule has 2 aromatic carbocycles. The minimum Gasteiger partial charge on any atom is -0.394 e. The van der Waals surface area contributed by atoms with Gasteiger partial charge in [0, 0.05) is 0 Å². The Morgan fingerprint density at radius 3 is 1.61 bits per heavy atom. The molecule has 0 aliphatic carbocycles. The lowest BCUT2D eigenvalue weighted by Gasteiger charge is -2.50. The van der Waals surface area contributed by atoms with Crippen molar-refractivity contribution in [1.29, 1.82) is 0 Å². The number of hydrogen-bond donors (Lipinski definition) is 6. The minimum absolute atomic E-state index is 0.0129. The van der Waals surface area contributed by atoms with E-state index in [1.807, 2.05) is 0 Å². The fourth-order valence-electron chi connectivity index (χ4n) is 6.27. The fourth-order valence-corrected chi connectivity index (χ4v) is 6.27. The second kappa shape index (κ2) is 11.4. The number of aliphatic hydroxyl groups excluding tert-OH is 6. The van der Waals surface area contributed by atoms with Crippen LogP contribution in [0.4, 0.5) is 0 Å². The normalized spacial score (nSPS) is 36.1. The smallest absolute Gasteiger partial charge is 0.262 e. The lowest BCUT2D eigenvalue weighted by atomic mass is 9.91. The van der Waals surface area contributed by atoms with Gasteiger partial charge in [-0.15, -0.1) is 0 Å². The predicted octanol–water partition coefficient (Wildman–Crippen LogP) is -2.40. The first-order chi connectivity index (χ1) is 21.0. The number of hydrogen-bond acceptors (Lipinski definition) is 13. The summed E-state index contributed by atoms with van der Waals surface area (Å²) in [5.74, 6) is -3.34. The van der Waals surface area contributed by atoms with Gasteiger partial charge in [-0.25, -0.2) is 0 Å². The van der Waals surface area contributed by atoms with Crippen LogP contribution in [0.2, 0.25) is 0 Å². The third kappa shape index (κ3) is 4.56. The summed E-state index contributed by atoms with van der Waals surface area (Å²) in [6.07, 6.45) is -15.7. The van der Waals surface area contributed by atoms with Crippen LogP contribution in [0.3, 0.4) is 0 Å². The standard InChI is InChI=1S/C29H30N2O13/c1-11(33)22-23(21(36)17(28(41)43-22)30-24(37)12-6-2-3-7-13(12)25(30)38)44-29-18(20(35)19(34)16(10-32)42-29)31-26(39)14-8-4-5-9-15(14)27(31)40/h2-9,11,16-23,28-29,32-36,41H,10H2,1H3/t11-,16+,17+,18+,19+,20+,21+,22+,23-,28+,29-/m0/s1. The number of carbonyl (C=O) groups is 4. The molecule has 2 saturated heterocycles. The summed E-state index contributed by atoms with van der Waals surface area (Å²) in [7, 11) is 0. The maximum atomic E-state index is 13.4. The lowest BCUT2D eigenvalue weighted by molar-refractivity contribution is -0.340. The van der Waals surface area contributed by atoms with Crippen LogP contribution in [0.1, 0.15) is 48.4 Å². The van der Waals surface area contributed by atoms with Gasteiger partial charge in [-0.05, 0) is 31.2 Å². The van der Waals surface area contributed by atoms with Crippen molar-refractivity contribution in [3.63, 3.8) is 0 Å². The molecule has 11 atom stereocenters. The van der Waals surface area contributed by atoms with E-state index in [4.69, 9.17) is 14.2 Å². The second-order valence-corrected chi connectivity index (χ2v) is 11.1. The summed E-state index contributed by atoms with van der Waals surface area (Å²) in [6, 6.07) is 8.20. The number of imide groups is 2. The van der Waals surface area contributed by atoms with Crippen molar-refractivity contribution in [1.82, 2.24) is 9.80 Å². The Bertz CT molecular complexity index is 1430. The highest BCUT2D eigenvalue weighted by Crippen LogP contribution is 2.37. The van der Waals surface area contributed by atoms with Gasteiger partial charge in [-0.3, -0.25) is 29.0 Å². The van der Waals surface area contributed by atoms with Crippen LogP contribution < -0.4 is 0 Å². The fraction of sp³-hybridized carbons (Fsp3) is 0.448. The number of benzene rings is 2. The van der Waals surface area contributed by atoms with Crippen molar-refractivity contribution in [2.75, 3.05) is 6.61 Å². The minimum atomic E-state index is -1.98. The summed E-state index contributed by atoms with van der Waals surface area (Å²) in [4.78, 5) is 54.4. The molecular weight excluding hydrogens is 584 g/mol. The molecule has 4 aliphatic rings. The van der Waals surface area contributed by atoms with Gasteiger partial charge in [0.1, 0.15) is 48.7 Å². The highest BCUT2D eigenvalue weighted by molar-refractivity contribution is 6.22. The Hall–Kier alpha value is -3.64. The number of rotatable bonds is 6. The average Bonchev–Trinajstić information content (AvgIpc) is 3.41. The largest absolute Gasteiger partial charge is 0.394 e. The summed E-state index contributed by atoms with van der Waals surface area (Å²) < 4.78 is 17.3. The van der Waals surface area contributed by atoms with E-state index in [0.717, 1.165) is 0 Å².